The lowest BCUT2D eigenvalue weighted by Crippen LogP contribution is -2.50. The number of anilines is 1. The monoisotopic (exact) mass is 436 g/mol. The van der Waals surface area contributed by atoms with E-state index in [-0.39, 0.29) is 12.5 Å². The minimum absolute atomic E-state index is 0.305. The van der Waals surface area contributed by atoms with Gasteiger partial charge in [-0.1, -0.05) is 18.2 Å². The van der Waals surface area contributed by atoms with Gasteiger partial charge in [0.1, 0.15) is 5.75 Å². The predicted molar refractivity (Wildman–Crippen MR) is 108 cm³/mol. The molecule has 0 N–H and O–H groups in total. The number of piperazine rings is 1. The molecule has 166 valence electrons. The molecular weight excluding hydrogens is 413 g/mol. The summed E-state index contributed by atoms with van der Waals surface area (Å²) in [5.41, 5.74) is 0.746. The number of aryl methyl sites for hydroxylation is 1. The highest BCUT2D eigenvalue weighted by atomic mass is 19.4. The minimum Gasteiger partial charge on any atom is -0.482 e. The lowest BCUT2D eigenvalue weighted by Gasteiger charge is -2.36. The zero-order valence-corrected chi connectivity index (χ0v) is 17.0. The van der Waals surface area contributed by atoms with Crippen LogP contribution < -0.4 is 9.64 Å². The standard InChI is InChI=1S/C22H23F3N2O4/c1-16-4-2-7-19(12-16)30-15-21(29)31-14-20(28)27-10-8-26(9-11-27)18-6-3-5-17(13-18)22(23,24)25/h2-7,12-13H,8-11,14-15H2,1H3. The van der Waals surface area contributed by atoms with Gasteiger partial charge in [-0.15, -0.1) is 0 Å². The molecule has 0 atom stereocenters. The second-order valence-corrected chi connectivity index (χ2v) is 7.18. The minimum atomic E-state index is -4.40. The van der Waals surface area contributed by atoms with Gasteiger partial charge in [-0.05, 0) is 42.8 Å². The van der Waals surface area contributed by atoms with Crippen LogP contribution in [0.2, 0.25) is 0 Å². The van der Waals surface area contributed by atoms with Crippen molar-refractivity contribution in [2.75, 3.05) is 44.3 Å². The van der Waals surface area contributed by atoms with Gasteiger partial charge >= 0.3 is 12.1 Å². The second-order valence-electron chi connectivity index (χ2n) is 7.18. The van der Waals surface area contributed by atoms with Crippen LogP contribution in [0.15, 0.2) is 48.5 Å². The van der Waals surface area contributed by atoms with Gasteiger partial charge < -0.3 is 19.3 Å². The van der Waals surface area contributed by atoms with E-state index in [4.69, 9.17) is 9.47 Å². The molecule has 2 aromatic rings. The summed E-state index contributed by atoms with van der Waals surface area (Å²) in [4.78, 5) is 27.4. The van der Waals surface area contributed by atoms with Crippen molar-refractivity contribution in [3.05, 3.63) is 59.7 Å². The Morgan fingerprint density at radius 1 is 0.968 bits per heavy atom. The maximum atomic E-state index is 12.9. The van der Waals surface area contributed by atoms with E-state index in [1.165, 1.54) is 11.0 Å². The molecule has 0 aliphatic carbocycles. The first-order valence-corrected chi connectivity index (χ1v) is 9.77. The average molecular weight is 436 g/mol. The highest BCUT2D eigenvalue weighted by Gasteiger charge is 2.31. The number of carbonyl (C=O) groups excluding carboxylic acids is 2. The Morgan fingerprint density at radius 3 is 2.35 bits per heavy atom. The van der Waals surface area contributed by atoms with Crippen LogP contribution in [0.25, 0.3) is 0 Å². The molecule has 0 aromatic heterocycles. The number of esters is 1. The Bertz CT molecular complexity index is 925. The number of benzene rings is 2. The molecule has 0 saturated carbocycles. The van der Waals surface area contributed by atoms with Crippen LogP contribution in [0.4, 0.5) is 18.9 Å². The van der Waals surface area contributed by atoms with Gasteiger partial charge in [0.15, 0.2) is 13.2 Å². The number of alkyl halides is 3. The predicted octanol–water partition coefficient (Wildman–Crippen LogP) is 3.28. The van der Waals surface area contributed by atoms with Gasteiger partial charge in [0.2, 0.25) is 0 Å². The molecule has 0 bridgehead atoms. The Balaban J connectivity index is 1.42. The molecule has 0 radical (unpaired) electrons. The third kappa shape index (κ3) is 6.37. The first kappa shape index (κ1) is 22.5. The summed E-state index contributed by atoms with van der Waals surface area (Å²) >= 11 is 0. The van der Waals surface area contributed by atoms with Crippen molar-refractivity contribution < 1.29 is 32.2 Å². The van der Waals surface area contributed by atoms with Crippen LogP contribution in [0.5, 0.6) is 5.75 Å². The number of hydrogen-bond acceptors (Lipinski definition) is 5. The number of ether oxygens (including phenoxy) is 2. The number of rotatable bonds is 6. The van der Waals surface area contributed by atoms with E-state index in [0.29, 0.717) is 37.6 Å². The maximum Gasteiger partial charge on any atom is 0.416 e. The Labute approximate surface area is 178 Å². The summed E-state index contributed by atoms with van der Waals surface area (Å²) in [6.07, 6.45) is -4.40. The molecule has 3 rings (SSSR count). The molecule has 1 saturated heterocycles. The fourth-order valence-corrected chi connectivity index (χ4v) is 3.22. The number of nitrogens with zero attached hydrogens (tertiary/aromatic N) is 2. The molecule has 1 heterocycles. The molecule has 1 amide bonds. The zero-order valence-electron chi connectivity index (χ0n) is 17.0. The topological polar surface area (TPSA) is 59.1 Å². The molecule has 0 spiro atoms. The fourth-order valence-electron chi connectivity index (χ4n) is 3.22. The normalized spacial score (nSPS) is 14.3. The van der Waals surface area contributed by atoms with E-state index in [1.807, 2.05) is 13.0 Å². The summed E-state index contributed by atoms with van der Waals surface area (Å²) in [5, 5.41) is 0. The van der Waals surface area contributed by atoms with E-state index in [1.54, 1.807) is 29.2 Å². The van der Waals surface area contributed by atoms with Gasteiger partial charge in [-0.3, -0.25) is 4.79 Å². The maximum absolute atomic E-state index is 12.9. The quantitative estimate of drug-likeness (QED) is 0.651. The van der Waals surface area contributed by atoms with Crippen molar-refractivity contribution in [2.45, 2.75) is 13.1 Å². The van der Waals surface area contributed by atoms with E-state index >= 15 is 0 Å². The van der Waals surface area contributed by atoms with Gasteiger partial charge in [0.05, 0.1) is 5.56 Å². The van der Waals surface area contributed by atoms with Crippen LogP contribution in [-0.2, 0) is 20.5 Å². The van der Waals surface area contributed by atoms with Gasteiger partial charge in [0.25, 0.3) is 5.91 Å². The largest absolute Gasteiger partial charge is 0.482 e. The molecule has 2 aromatic carbocycles. The molecule has 31 heavy (non-hydrogen) atoms. The van der Waals surface area contributed by atoms with Crippen molar-refractivity contribution in [1.29, 1.82) is 0 Å². The highest BCUT2D eigenvalue weighted by Crippen LogP contribution is 2.31. The van der Waals surface area contributed by atoms with Gasteiger partial charge in [-0.2, -0.15) is 13.2 Å². The van der Waals surface area contributed by atoms with Crippen molar-refractivity contribution in [2.24, 2.45) is 0 Å². The van der Waals surface area contributed by atoms with Crippen LogP contribution in [0.3, 0.4) is 0 Å². The van der Waals surface area contributed by atoms with Crippen LogP contribution in [-0.4, -0.2) is 56.2 Å². The van der Waals surface area contributed by atoms with Crippen molar-refractivity contribution in [1.82, 2.24) is 4.90 Å². The summed E-state index contributed by atoms with van der Waals surface area (Å²) in [6.45, 7) is 2.62. The van der Waals surface area contributed by atoms with Crippen LogP contribution in [0.1, 0.15) is 11.1 Å². The third-order valence-electron chi connectivity index (χ3n) is 4.87. The number of halogens is 3. The van der Waals surface area contributed by atoms with Crippen LogP contribution in [0, 0.1) is 6.92 Å². The van der Waals surface area contributed by atoms with Crippen molar-refractivity contribution in [3.8, 4) is 5.75 Å². The SMILES string of the molecule is Cc1cccc(OCC(=O)OCC(=O)N2CCN(c3cccc(C(F)(F)F)c3)CC2)c1. The number of amides is 1. The number of carbonyl (C=O) groups is 2. The first-order valence-electron chi connectivity index (χ1n) is 9.77. The van der Waals surface area contributed by atoms with Crippen molar-refractivity contribution >= 4 is 17.6 Å². The zero-order chi connectivity index (χ0) is 22.4. The Morgan fingerprint density at radius 2 is 1.68 bits per heavy atom. The highest BCUT2D eigenvalue weighted by molar-refractivity contribution is 5.81. The van der Waals surface area contributed by atoms with Crippen molar-refractivity contribution in [3.63, 3.8) is 0 Å². The van der Waals surface area contributed by atoms with Gasteiger partial charge in [-0.25, -0.2) is 4.79 Å². The summed E-state index contributed by atoms with van der Waals surface area (Å²) in [5.74, 6) is -0.473. The lowest BCUT2D eigenvalue weighted by molar-refractivity contribution is -0.153. The first-order chi connectivity index (χ1) is 14.7. The summed E-state index contributed by atoms with van der Waals surface area (Å²) < 4.78 is 49.0. The summed E-state index contributed by atoms with van der Waals surface area (Å²) in [6, 6.07) is 12.3. The molecule has 1 aliphatic heterocycles. The third-order valence-corrected chi connectivity index (χ3v) is 4.87. The number of hydrogen-bond donors (Lipinski definition) is 0. The molecule has 1 fully saturated rings. The molecule has 1 aliphatic rings. The molecule has 6 nitrogen and oxygen atoms in total. The fraction of sp³-hybridized carbons (Fsp3) is 0.364. The molecule has 0 unspecified atom stereocenters. The summed E-state index contributed by atoms with van der Waals surface area (Å²) in [7, 11) is 0. The van der Waals surface area contributed by atoms with E-state index < -0.39 is 24.3 Å². The molecule has 9 heteroatoms. The van der Waals surface area contributed by atoms with E-state index in [2.05, 4.69) is 0 Å². The molecular formula is C22H23F3N2O4. The van der Waals surface area contributed by atoms with Crippen LogP contribution >= 0.6 is 0 Å². The Hall–Kier alpha value is -3.23. The van der Waals surface area contributed by atoms with E-state index in [9.17, 15) is 22.8 Å². The van der Waals surface area contributed by atoms with Gasteiger partial charge in [0, 0.05) is 31.9 Å². The smallest absolute Gasteiger partial charge is 0.416 e. The second kappa shape index (κ2) is 9.72. The van der Waals surface area contributed by atoms with E-state index in [0.717, 1.165) is 17.7 Å². The Kier molecular flexibility index (Phi) is 7.04. The average Bonchev–Trinajstić information content (AvgIpc) is 2.76. The lowest BCUT2D eigenvalue weighted by atomic mass is 10.1.